The van der Waals surface area contributed by atoms with Gasteiger partial charge in [-0.15, -0.1) is 11.3 Å². The summed E-state index contributed by atoms with van der Waals surface area (Å²) in [6, 6.07) is 1.58. The van der Waals surface area contributed by atoms with Gasteiger partial charge in [-0.2, -0.15) is 0 Å². The van der Waals surface area contributed by atoms with E-state index in [0.717, 1.165) is 9.35 Å². The first-order valence-electron chi connectivity index (χ1n) is 4.82. The van der Waals surface area contributed by atoms with Crippen LogP contribution in [0.4, 0.5) is 0 Å². The second-order valence-corrected chi connectivity index (χ2v) is 6.63. The van der Waals surface area contributed by atoms with E-state index in [0.29, 0.717) is 6.42 Å². The second-order valence-electron chi connectivity index (χ2n) is 4.72. The van der Waals surface area contributed by atoms with Crippen LogP contribution in [0.2, 0.25) is 0 Å². The van der Waals surface area contributed by atoms with Crippen molar-refractivity contribution in [3.63, 3.8) is 0 Å². The summed E-state index contributed by atoms with van der Waals surface area (Å²) in [4.78, 5) is 12.9. The smallest absolute Gasteiger partial charge is 0.155 e. The zero-order valence-corrected chi connectivity index (χ0v) is 11.6. The van der Waals surface area contributed by atoms with Gasteiger partial charge in [0.25, 0.3) is 0 Å². The molecular weight excluding hydrogens is 274 g/mol. The van der Waals surface area contributed by atoms with Gasteiger partial charge in [-0.05, 0) is 27.4 Å². The summed E-state index contributed by atoms with van der Waals surface area (Å²) in [5, 5.41) is 1.98. The summed E-state index contributed by atoms with van der Waals surface area (Å²) in [7, 11) is 0. The second kappa shape index (κ2) is 4.76. The zero-order chi connectivity index (χ0) is 11.6. The number of ketones is 1. The molecule has 0 fully saturated rings. The molecule has 1 unspecified atom stereocenters. The molecule has 0 radical (unpaired) electrons. The average Bonchev–Trinajstić information content (AvgIpc) is 2.48. The summed E-state index contributed by atoms with van der Waals surface area (Å²) in [6.07, 6.45) is 0.439. The Morgan fingerprint density at radius 3 is 2.60 bits per heavy atom. The van der Waals surface area contributed by atoms with E-state index in [4.69, 9.17) is 5.73 Å². The average molecular weight is 290 g/mol. The van der Waals surface area contributed by atoms with E-state index in [1.54, 1.807) is 11.3 Å². The predicted molar refractivity (Wildman–Crippen MR) is 68.2 cm³/mol. The molecule has 1 aromatic heterocycles. The maximum absolute atomic E-state index is 11.8. The van der Waals surface area contributed by atoms with Gasteiger partial charge in [0, 0.05) is 21.2 Å². The maximum atomic E-state index is 11.8. The molecule has 0 aromatic carbocycles. The van der Waals surface area contributed by atoms with Crippen LogP contribution in [0.3, 0.4) is 0 Å². The highest BCUT2D eigenvalue weighted by Gasteiger charge is 2.27. The van der Waals surface area contributed by atoms with Crippen molar-refractivity contribution in [2.75, 3.05) is 0 Å². The van der Waals surface area contributed by atoms with Crippen molar-refractivity contribution < 1.29 is 4.79 Å². The third-order valence-corrected chi connectivity index (χ3v) is 3.95. The van der Waals surface area contributed by atoms with Crippen molar-refractivity contribution in [1.29, 1.82) is 0 Å². The summed E-state index contributed by atoms with van der Waals surface area (Å²) < 4.78 is 1.03. The largest absolute Gasteiger partial charge is 0.321 e. The Morgan fingerprint density at radius 2 is 2.20 bits per heavy atom. The minimum atomic E-state index is -0.390. The first-order chi connectivity index (χ1) is 6.80. The number of halogens is 1. The van der Waals surface area contributed by atoms with Crippen LogP contribution in [0.15, 0.2) is 15.9 Å². The Kier molecular flexibility index (Phi) is 4.09. The molecule has 2 N–H and O–H groups in total. The fourth-order valence-corrected chi connectivity index (χ4v) is 2.67. The van der Waals surface area contributed by atoms with Gasteiger partial charge in [-0.3, -0.25) is 4.79 Å². The van der Waals surface area contributed by atoms with Crippen LogP contribution in [-0.4, -0.2) is 11.8 Å². The molecule has 0 spiro atoms. The Bertz CT molecular complexity index is 354. The lowest BCUT2D eigenvalue weighted by Crippen LogP contribution is -2.42. The van der Waals surface area contributed by atoms with Gasteiger partial charge >= 0.3 is 0 Å². The highest BCUT2D eigenvalue weighted by atomic mass is 79.9. The normalized spacial score (nSPS) is 13.9. The zero-order valence-electron chi connectivity index (χ0n) is 9.21. The molecule has 0 saturated heterocycles. The Balaban J connectivity index is 2.64. The minimum absolute atomic E-state index is 0.108. The lowest BCUT2D eigenvalue weighted by Gasteiger charge is -2.25. The predicted octanol–water partition coefficient (Wildman–Crippen LogP) is 3.00. The molecule has 1 atom stereocenters. The highest BCUT2D eigenvalue weighted by Crippen LogP contribution is 2.23. The molecule has 2 nitrogen and oxygen atoms in total. The fourth-order valence-electron chi connectivity index (χ4n) is 1.21. The molecule has 84 valence electrons. The summed E-state index contributed by atoms with van der Waals surface area (Å²) in [6.45, 7) is 5.96. The topological polar surface area (TPSA) is 43.1 Å². The molecular formula is C11H16BrNOS. The molecule has 0 bridgehead atoms. The van der Waals surface area contributed by atoms with Crippen molar-refractivity contribution >= 4 is 33.0 Å². The Morgan fingerprint density at radius 1 is 1.60 bits per heavy atom. The molecule has 1 heterocycles. The number of hydrogen-bond donors (Lipinski definition) is 1. The third kappa shape index (κ3) is 3.70. The van der Waals surface area contributed by atoms with E-state index in [-0.39, 0.29) is 11.2 Å². The molecule has 0 aliphatic heterocycles. The number of Topliss-reactive ketones (excluding diaryl/α,β-unsaturated/α-hetero) is 1. The van der Waals surface area contributed by atoms with Crippen molar-refractivity contribution in [2.45, 2.75) is 33.2 Å². The third-order valence-electron chi connectivity index (χ3n) is 2.25. The van der Waals surface area contributed by atoms with Crippen LogP contribution in [0.5, 0.6) is 0 Å². The molecule has 0 amide bonds. The molecule has 1 rings (SSSR count). The van der Waals surface area contributed by atoms with E-state index >= 15 is 0 Å². The van der Waals surface area contributed by atoms with Gasteiger partial charge in [0.2, 0.25) is 0 Å². The molecule has 4 heteroatoms. The van der Waals surface area contributed by atoms with E-state index in [1.165, 1.54) is 0 Å². The van der Waals surface area contributed by atoms with E-state index in [1.807, 2.05) is 32.2 Å². The van der Waals surface area contributed by atoms with Gasteiger partial charge in [0.05, 0.1) is 6.04 Å². The van der Waals surface area contributed by atoms with Gasteiger partial charge in [-0.25, -0.2) is 0 Å². The monoisotopic (exact) mass is 289 g/mol. The number of carbonyl (C=O) groups excluding carboxylic acids is 1. The van der Waals surface area contributed by atoms with Crippen LogP contribution < -0.4 is 5.73 Å². The van der Waals surface area contributed by atoms with Crippen LogP contribution in [0, 0.1) is 5.41 Å². The van der Waals surface area contributed by atoms with Crippen molar-refractivity contribution in [3.05, 3.63) is 20.8 Å². The van der Waals surface area contributed by atoms with Crippen molar-refractivity contribution in [2.24, 2.45) is 11.1 Å². The Hall–Kier alpha value is -0.190. The number of nitrogens with two attached hydrogens (primary N) is 1. The number of hydrogen-bond acceptors (Lipinski definition) is 3. The molecule has 0 aliphatic carbocycles. The van der Waals surface area contributed by atoms with Crippen LogP contribution in [-0.2, 0) is 11.2 Å². The van der Waals surface area contributed by atoms with E-state index in [9.17, 15) is 4.79 Å². The SMILES string of the molecule is CC(C)(C)C(N)C(=O)Cc1cc(Br)cs1. The van der Waals surface area contributed by atoms with Crippen LogP contribution in [0.25, 0.3) is 0 Å². The standard InChI is InChI=1S/C11H16BrNOS/c1-11(2,3)10(13)9(14)5-8-4-7(12)6-15-8/h4,6,10H,5,13H2,1-3H3. The molecule has 1 aromatic rings. The number of rotatable bonds is 3. The lowest BCUT2D eigenvalue weighted by molar-refractivity contribution is -0.121. The van der Waals surface area contributed by atoms with E-state index in [2.05, 4.69) is 15.9 Å². The van der Waals surface area contributed by atoms with Gasteiger partial charge in [-0.1, -0.05) is 20.8 Å². The van der Waals surface area contributed by atoms with Crippen molar-refractivity contribution in [1.82, 2.24) is 0 Å². The van der Waals surface area contributed by atoms with Crippen LogP contribution >= 0.6 is 27.3 Å². The Labute approximate surface area is 103 Å². The van der Waals surface area contributed by atoms with Gasteiger partial charge < -0.3 is 5.73 Å². The van der Waals surface area contributed by atoms with Crippen molar-refractivity contribution in [3.8, 4) is 0 Å². The first kappa shape index (κ1) is 12.9. The number of carbonyl (C=O) groups is 1. The van der Waals surface area contributed by atoms with Crippen LogP contribution in [0.1, 0.15) is 25.6 Å². The first-order valence-corrected chi connectivity index (χ1v) is 6.49. The molecule has 15 heavy (non-hydrogen) atoms. The molecule has 0 saturated carbocycles. The maximum Gasteiger partial charge on any atom is 0.155 e. The lowest BCUT2D eigenvalue weighted by atomic mass is 9.84. The fraction of sp³-hybridized carbons (Fsp3) is 0.545. The van der Waals surface area contributed by atoms with Gasteiger partial charge in [0.15, 0.2) is 5.78 Å². The molecule has 0 aliphatic rings. The summed E-state index contributed by atoms with van der Waals surface area (Å²) in [5.74, 6) is 0.108. The summed E-state index contributed by atoms with van der Waals surface area (Å²) >= 11 is 4.95. The highest BCUT2D eigenvalue weighted by molar-refractivity contribution is 9.10. The van der Waals surface area contributed by atoms with Gasteiger partial charge in [0.1, 0.15) is 0 Å². The summed E-state index contributed by atoms with van der Waals surface area (Å²) in [5.41, 5.74) is 5.73. The van der Waals surface area contributed by atoms with E-state index < -0.39 is 6.04 Å². The minimum Gasteiger partial charge on any atom is -0.321 e. The number of thiophene rings is 1. The quantitative estimate of drug-likeness (QED) is 0.930.